The SMILES string of the molecule is C/C=C/CCc1ccc(C(F)=C(F)c2ccc3cc(OC)c(F)c(F)c3c2F)cc1. The average Bonchev–Trinajstić information content (AvgIpc) is 2.76. The van der Waals surface area contributed by atoms with Crippen molar-refractivity contribution in [1.82, 2.24) is 0 Å². The van der Waals surface area contributed by atoms with Crippen LogP contribution in [-0.4, -0.2) is 7.11 Å². The van der Waals surface area contributed by atoms with Crippen molar-refractivity contribution in [2.75, 3.05) is 7.11 Å². The van der Waals surface area contributed by atoms with Crippen molar-refractivity contribution in [2.24, 2.45) is 0 Å². The van der Waals surface area contributed by atoms with E-state index in [1.165, 1.54) is 18.2 Å². The fourth-order valence-electron chi connectivity index (χ4n) is 3.15. The first kappa shape index (κ1) is 21.6. The Hall–Kier alpha value is -3.15. The molecule has 0 aliphatic carbocycles. The lowest BCUT2D eigenvalue weighted by Gasteiger charge is -2.10. The Morgan fingerprint density at radius 3 is 2.23 bits per heavy atom. The summed E-state index contributed by atoms with van der Waals surface area (Å²) in [5.41, 5.74) is 0.0669. The van der Waals surface area contributed by atoms with Crippen molar-refractivity contribution in [1.29, 1.82) is 0 Å². The van der Waals surface area contributed by atoms with Crippen LogP contribution in [0.4, 0.5) is 22.0 Å². The fraction of sp³-hybridized carbons (Fsp3) is 0.167. The zero-order valence-corrected chi connectivity index (χ0v) is 16.4. The minimum Gasteiger partial charge on any atom is -0.494 e. The molecule has 0 bridgehead atoms. The first-order valence-corrected chi connectivity index (χ1v) is 9.29. The average molecular weight is 418 g/mol. The van der Waals surface area contributed by atoms with Gasteiger partial charge in [0.2, 0.25) is 5.82 Å². The summed E-state index contributed by atoms with van der Waals surface area (Å²) in [6, 6.07) is 9.34. The van der Waals surface area contributed by atoms with Gasteiger partial charge >= 0.3 is 0 Å². The molecule has 1 nitrogen and oxygen atoms in total. The van der Waals surface area contributed by atoms with Gasteiger partial charge in [0.15, 0.2) is 23.2 Å². The number of halogens is 5. The molecule has 0 radical (unpaired) electrons. The molecule has 0 unspecified atom stereocenters. The lowest BCUT2D eigenvalue weighted by atomic mass is 10.0. The van der Waals surface area contributed by atoms with E-state index in [-0.39, 0.29) is 10.9 Å². The quantitative estimate of drug-likeness (QED) is 0.228. The number of hydrogen-bond acceptors (Lipinski definition) is 1. The Kier molecular flexibility index (Phi) is 6.55. The molecule has 6 heteroatoms. The van der Waals surface area contributed by atoms with Gasteiger partial charge in [-0.1, -0.05) is 42.5 Å². The maximum absolute atomic E-state index is 14.8. The van der Waals surface area contributed by atoms with Crippen LogP contribution in [0, 0.1) is 17.5 Å². The second kappa shape index (κ2) is 9.11. The zero-order valence-electron chi connectivity index (χ0n) is 16.4. The summed E-state index contributed by atoms with van der Waals surface area (Å²) in [4.78, 5) is 0. The Morgan fingerprint density at radius 1 is 0.900 bits per heavy atom. The standard InChI is InChI=1S/C24H19F5O/c1-3-4-5-6-14-7-9-15(10-8-14)20(25)22(27)17-12-11-16-13-18(30-2)23(28)24(29)19(16)21(17)26/h3-4,7-13H,5-6H2,1-2H3/b4-3+,22-20?. The predicted molar refractivity (Wildman–Crippen MR) is 109 cm³/mol. The van der Waals surface area contributed by atoms with Gasteiger partial charge in [0.1, 0.15) is 5.82 Å². The molecule has 156 valence electrons. The van der Waals surface area contributed by atoms with Crippen LogP contribution in [0.1, 0.15) is 30.0 Å². The fourth-order valence-corrected chi connectivity index (χ4v) is 3.15. The second-order valence-electron chi connectivity index (χ2n) is 6.66. The van der Waals surface area contributed by atoms with Crippen molar-refractivity contribution in [3.8, 4) is 5.75 Å². The van der Waals surface area contributed by atoms with Gasteiger partial charge in [-0.25, -0.2) is 17.6 Å². The van der Waals surface area contributed by atoms with Crippen molar-refractivity contribution in [3.63, 3.8) is 0 Å². The molecule has 0 aliphatic rings. The van der Waals surface area contributed by atoms with Gasteiger partial charge in [-0.15, -0.1) is 0 Å². The van der Waals surface area contributed by atoms with E-state index in [0.717, 1.165) is 37.6 Å². The monoisotopic (exact) mass is 418 g/mol. The first-order valence-electron chi connectivity index (χ1n) is 9.29. The van der Waals surface area contributed by atoms with Crippen molar-refractivity contribution in [2.45, 2.75) is 19.8 Å². The molecule has 0 spiro atoms. The van der Waals surface area contributed by atoms with Gasteiger partial charge in [0, 0.05) is 11.1 Å². The molecule has 0 heterocycles. The van der Waals surface area contributed by atoms with E-state index in [2.05, 4.69) is 0 Å². The minimum atomic E-state index is -1.53. The second-order valence-corrected chi connectivity index (χ2v) is 6.66. The summed E-state index contributed by atoms with van der Waals surface area (Å²) in [7, 11) is 1.14. The summed E-state index contributed by atoms with van der Waals surface area (Å²) in [6.45, 7) is 1.91. The Morgan fingerprint density at radius 2 is 1.60 bits per heavy atom. The number of fused-ring (bicyclic) bond motifs is 1. The van der Waals surface area contributed by atoms with E-state index in [1.54, 1.807) is 12.1 Å². The maximum Gasteiger partial charge on any atom is 0.201 e. The van der Waals surface area contributed by atoms with Gasteiger partial charge < -0.3 is 4.74 Å². The van der Waals surface area contributed by atoms with Crippen molar-refractivity contribution in [3.05, 3.63) is 88.8 Å². The molecule has 3 aromatic carbocycles. The molecular formula is C24H19F5O. The Balaban J connectivity index is 2.02. The van der Waals surface area contributed by atoms with Crippen LogP contribution in [0.2, 0.25) is 0 Å². The zero-order chi connectivity index (χ0) is 21.8. The molecule has 0 aromatic heterocycles. The van der Waals surface area contributed by atoms with Crippen LogP contribution in [0.5, 0.6) is 5.75 Å². The minimum absolute atomic E-state index is 0.0364. The Bertz CT molecular complexity index is 1130. The number of methoxy groups -OCH3 is 1. The summed E-state index contributed by atoms with van der Waals surface area (Å²) < 4.78 is 77.2. The third-order valence-electron chi connectivity index (χ3n) is 4.78. The number of ether oxygens (including phenoxy) is 1. The maximum atomic E-state index is 14.8. The number of aryl methyl sites for hydroxylation is 1. The molecule has 0 aliphatic heterocycles. The van der Waals surface area contributed by atoms with Crippen LogP contribution in [0.3, 0.4) is 0 Å². The summed E-state index contributed by atoms with van der Waals surface area (Å²) in [5, 5.41) is -0.807. The van der Waals surface area contributed by atoms with E-state index in [4.69, 9.17) is 4.74 Å². The van der Waals surface area contributed by atoms with Crippen LogP contribution in [0.15, 0.2) is 54.6 Å². The normalized spacial score (nSPS) is 12.5. The predicted octanol–water partition coefficient (Wildman–Crippen LogP) is 7.54. The molecule has 0 saturated carbocycles. The third kappa shape index (κ3) is 4.08. The molecule has 3 aromatic rings. The topological polar surface area (TPSA) is 9.23 Å². The summed E-state index contributed by atoms with van der Waals surface area (Å²) >= 11 is 0. The molecule has 30 heavy (non-hydrogen) atoms. The number of benzene rings is 3. The van der Waals surface area contributed by atoms with Gasteiger partial charge in [-0.05, 0) is 42.8 Å². The summed E-state index contributed by atoms with van der Waals surface area (Å²) in [5.74, 6) is -7.51. The lowest BCUT2D eigenvalue weighted by Crippen LogP contribution is -1.98. The largest absolute Gasteiger partial charge is 0.494 e. The smallest absolute Gasteiger partial charge is 0.201 e. The lowest BCUT2D eigenvalue weighted by molar-refractivity contribution is 0.374. The van der Waals surface area contributed by atoms with Gasteiger partial charge in [-0.3, -0.25) is 0 Å². The highest BCUT2D eigenvalue weighted by Gasteiger charge is 2.22. The van der Waals surface area contributed by atoms with Crippen LogP contribution >= 0.6 is 0 Å². The van der Waals surface area contributed by atoms with Gasteiger partial charge in [-0.2, -0.15) is 4.39 Å². The van der Waals surface area contributed by atoms with Crippen molar-refractivity contribution < 1.29 is 26.7 Å². The van der Waals surface area contributed by atoms with E-state index < -0.39 is 45.8 Å². The molecule has 3 rings (SSSR count). The molecule has 0 saturated heterocycles. The van der Waals surface area contributed by atoms with E-state index in [9.17, 15) is 22.0 Å². The van der Waals surface area contributed by atoms with E-state index >= 15 is 0 Å². The molecule has 0 atom stereocenters. The number of rotatable bonds is 6. The highest BCUT2D eigenvalue weighted by molar-refractivity contribution is 5.91. The third-order valence-corrected chi connectivity index (χ3v) is 4.78. The number of allylic oxidation sites excluding steroid dienone is 2. The van der Waals surface area contributed by atoms with Crippen molar-refractivity contribution >= 4 is 22.4 Å². The van der Waals surface area contributed by atoms with Crippen LogP contribution < -0.4 is 4.74 Å². The molecule has 0 fully saturated rings. The first-order chi connectivity index (χ1) is 14.4. The van der Waals surface area contributed by atoms with Gasteiger partial charge in [0.25, 0.3) is 0 Å². The molecule has 0 N–H and O–H groups in total. The highest BCUT2D eigenvalue weighted by atomic mass is 19.2. The Labute approximate surface area is 171 Å². The van der Waals surface area contributed by atoms with Gasteiger partial charge in [0.05, 0.1) is 12.5 Å². The molecule has 0 amide bonds. The number of hydrogen-bond donors (Lipinski definition) is 0. The summed E-state index contributed by atoms with van der Waals surface area (Å²) in [6.07, 6.45) is 5.48. The van der Waals surface area contributed by atoms with Crippen LogP contribution in [0.25, 0.3) is 22.4 Å². The molecular weight excluding hydrogens is 399 g/mol. The highest BCUT2D eigenvalue weighted by Crippen LogP contribution is 2.36. The van der Waals surface area contributed by atoms with E-state index in [0.29, 0.717) is 0 Å². The van der Waals surface area contributed by atoms with E-state index in [1.807, 2.05) is 19.1 Å². The van der Waals surface area contributed by atoms with Crippen LogP contribution in [-0.2, 0) is 6.42 Å².